The maximum atomic E-state index is 5.85. The maximum Gasteiger partial charge on any atom is 0.0139 e. The van der Waals surface area contributed by atoms with E-state index in [1.807, 2.05) is 0 Å². The summed E-state index contributed by atoms with van der Waals surface area (Å²) in [4.78, 5) is 2.58. The van der Waals surface area contributed by atoms with Gasteiger partial charge in [-0.2, -0.15) is 0 Å². The molecule has 1 saturated heterocycles. The third kappa shape index (κ3) is 2.48. The van der Waals surface area contributed by atoms with Crippen LogP contribution in [-0.2, 0) is 0 Å². The summed E-state index contributed by atoms with van der Waals surface area (Å²) in [6.07, 6.45) is 7.34. The Morgan fingerprint density at radius 3 is 2.64 bits per heavy atom. The molecule has 1 aliphatic heterocycles. The van der Waals surface area contributed by atoms with Crippen LogP contribution in [0, 0.1) is 11.8 Å². The lowest BCUT2D eigenvalue weighted by Crippen LogP contribution is -2.45. The first-order chi connectivity index (χ1) is 6.75. The van der Waals surface area contributed by atoms with Gasteiger partial charge in [-0.3, -0.25) is 0 Å². The van der Waals surface area contributed by atoms with E-state index in [4.69, 9.17) is 5.73 Å². The number of fused-ring (bicyclic) bond motifs is 1. The highest BCUT2D eigenvalue weighted by Gasteiger charge is 2.30. The highest BCUT2D eigenvalue weighted by Crippen LogP contribution is 2.35. The smallest absolute Gasteiger partial charge is 0.0139 e. The lowest BCUT2D eigenvalue weighted by Gasteiger charge is -2.41. The van der Waals surface area contributed by atoms with Gasteiger partial charge in [0.25, 0.3) is 0 Å². The molecular weight excluding hydrogens is 172 g/mol. The van der Waals surface area contributed by atoms with Gasteiger partial charge in [-0.05, 0) is 38.1 Å². The zero-order chi connectivity index (χ0) is 9.97. The number of nitrogens with two attached hydrogens (primary N) is 1. The first-order valence-electron chi connectivity index (χ1n) is 6.23. The second-order valence-electron chi connectivity index (χ2n) is 5.33. The number of nitrogens with zero attached hydrogens (tertiary/aromatic N) is 1. The number of rotatable bonds is 2. The predicted octanol–water partition coefficient (Wildman–Crippen LogP) is 1.85. The number of hydrogen-bond donors (Lipinski definition) is 1. The van der Waals surface area contributed by atoms with E-state index >= 15 is 0 Å². The molecule has 2 aliphatic rings. The highest BCUT2D eigenvalue weighted by atomic mass is 15.1. The minimum atomic E-state index is 0.343. The monoisotopic (exact) mass is 196 g/mol. The minimum Gasteiger partial charge on any atom is -0.327 e. The van der Waals surface area contributed by atoms with Crippen molar-refractivity contribution in [3.8, 4) is 0 Å². The van der Waals surface area contributed by atoms with E-state index in [0.29, 0.717) is 6.04 Å². The van der Waals surface area contributed by atoms with Crippen LogP contribution in [0.2, 0.25) is 0 Å². The van der Waals surface area contributed by atoms with Gasteiger partial charge in [0.15, 0.2) is 0 Å². The summed E-state index contributed by atoms with van der Waals surface area (Å²) in [5.41, 5.74) is 5.85. The third-order valence-corrected chi connectivity index (χ3v) is 3.92. The summed E-state index contributed by atoms with van der Waals surface area (Å²) in [7, 11) is 0. The van der Waals surface area contributed by atoms with E-state index in [1.54, 1.807) is 0 Å². The van der Waals surface area contributed by atoms with Gasteiger partial charge in [0.2, 0.25) is 0 Å². The zero-order valence-electron chi connectivity index (χ0n) is 9.41. The lowest BCUT2D eigenvalue weighted by molar-refractivity contribution is 0.0840. The van der Waals surface area contributed by atoms with E-state index in [1.165, 1.54) is 45.2 Å². The quantitative estimate of drug-likeness (QED) is 0.730. The van der Waals surface area contributed by atoms with Crippen LogP contribution in [0.25, 0.3) is 0 Å². The summed E-state index contributed by atoms with van der Waals surface area (Å²) in [6, 6.07) is 0.343. The molecule has 3 atom stereocenters. The molecule has 0 radical (unpaired) electrons. The standard InChI is InChI=1S/C12H24N2/c1-10(13)8-14-7-6-11-4-2-3-5-12(11)9-14/h10-12H,2-9,13H2,1H3/t10-,11-,12-/m0/s1. The van der Waals surface area contributed by atoms with E-state index < -0.39 is 0 Å². The zero-order valence-corrected chi connectivity index (χ0v) is 9.41. The normalized spacial score (nSPS) is 36.4. The molecule has 0 spiro atoms. The molecule has 0 aromatic carbocycles. The van der Waals surface area contributed by atoms with Crippen molar-refractivity contribution in [1.29, 1.82) is 0 Å². The van der Waals surface area contributed by atoms with Crippen LogP contribution in [-0.4, -0.2) is 30.6 Å². The van der Waals surface area contributed by atoms with Gasteiger partial charge in [0.1, 0.15) is 0 Å². The summed E-state index contributed by atoms with van der Waals surface area (Å²) >= 11 is 0. The van der Waals surface area contributed by atoms with Gasteiger partial charge in [-0.15, -0.1) is 0 Å². The van der Waals surface area contributed by atoms with E-state index in [2.05, 4.69) is 11.8 Å². The predicted molar refractivity (Wildman–Crippen MR) is 60.2 cm³/mol. The number of hydrogen-bond acceptors (Lipinski definition) is 2. The molecule has 2 rings (SSSR count). The summed E-state index contributed by atoms with van der Waals surface area (Å²) < 4.78 is 0. The molecule has 2 N–H and O–H groups in total. The van der Waals surface area contributed by atoms with Crippen LogP contribution in [0.4, 0.5) is 0 Å². The Bertz CT molecular complexity index is 179. The second-order valence-corrected chi connectivity index (χ2v) is 5.33. The van der Waals surface area contributed by atoms with Crippen molar-refractivity contribution in [2.75, 3.05) is 19.6 Å². The van der Waals surface area contributed by atoms with Crippen LogP contribution >= 0.6 is 0 Å². The van der Waals surface area contributed by atoms with Crippen molar-refractivity contribution < 1.29 is 0 Å². The molecule has 82 valence electrons. The molecule has 0 bridgehead atoms. The SMILES string of the molecule is C[C@H](N)CN1CC[C@@H]2CCCC[C@H]2C1. The van der Waals surface area contributed by atoms with Crippen molar-refractivity contribution in [1.82, 2.24) is 4.90 Å². The molecule has 0 aromatic rings. The molecular formula is C12H24N2. The van der Waals surface area contributed by atoms with Crippen molar-refractivity contribution in [2.45, 2.75) is 45.1 Å². The molecule has 1 saturated carbocycles. The van der Waals surface area contributed by atoms with Crippen molar-refractivity contribution >= 4 is 0 Å². The fraction of sp³-hybridized carbons (Fsp3) is 1.00. The summed E-state index contributed by atoms with van der Waals surface area (Å²) in [5, 5.41) is 0. The van der Waals surface area contributed by atoms with E-state index in [-0.39, 0.29) is 0 Å². The molecule has 0 aromatic heterocycles. The molecule has 14 heavy (non-hydrogen) atoms. The topological polar surface area (TPSA) is 29.3 Å². The average Bonchev–Trinajstić information content (AvgIpc) is 2.17. The molecule has 0 amide bonds. The Morgan fingerprint density at radius 1 is 1.21 bits per heavy atom. The molecule has 2 fully saturated rings. The maximum absolute atomic E-state index is 5.85. The summed E-state index contributed by atoms with van der Waals surface area (Å²) in [6.45, 7) is 5.84. The Hall–Kier alpha value is -0.0800. The molecule has 1 heterocycles. The van der Waals surface area contributed by atoms with Crippen LogP contribution in [0.1, 0.15) is 39.0 Å². The molecule has 2 heteroatoms. The Balaban J connectivity index is 1.83. The van der Waals surface area contributed by atoms with Gasteiger partial charge in [0, 0.05) is 19.1 Å². The molecule has 0 unspecified atom stereocenters. The van der Waals surface area contributed by atoms with Crippen LogP contribution in [0.15, 0.2) is 0 Å². The lowest BCUT2D eigenvalue weighted by atomic mass is 9.75. The first-order valence-corrected chi connectivity index (χ1v) is 6.23. The van der Waals surface area contributed by atoms with Gasteiger partial charge in [0.05, 0.1) is 0 Å². The number of piperidine rings is 1. The van der Waals surface area contributed by atoms with Crippen LogP contribution < -0.4 is 5.73 Å². The fourth-order valence-electron chi connectivity index (χ4n) is 3.25. The third-order valence-electron chi connectivity index (χ3n) is 3.92. The van der Waals surface area contributed by atoms with Gasteiger partial charge in [-0.1, -0.05) is 19.3 Å². The Kier molecular flexibility index (Phi) is 3.45. The minimum absolute atomic E-state index is 0.343. The van der Waals surface area contributed by atoms with Gasteiger partial charge < -0.3 is 10.6 Å². The number of likely N-dealkylation sites (tertiary alicyclic amines) is 1. The van der Waals surface area contributed by atoms with E-state index in [9.17, 15) is 0 Å². The van der Waals surface area contributed by atoms with Crippen LogP contribution in [0.3, 0.4) is 0 Å². The second kappa shape index (κ2) is 4.63. The Labute approximate surface area is 87.8 Å². The largest absolute Gasteiger partial charge is 0.327 e. The van der Waals surface area contributed by atoms with E-state index in [0.717, 1.165) is 18.4 Å². The first kappa shape index (κ1) is 10.4. The highest BCUT2D eigenvalue weighted by molar-refractivity contribution is 4.84. The van der Waals surface area contributed by atoms with Crippen LogP contribution in [0.5, 0.6) is 0 Å². The molecule has 2 nitrogen and oxygen atoms in total. The summed E-state index contributed by atoms with van der Waals surface area (Å²) in [5.74, 6) is 2.05. The van der Waals surface area contributed by atoms with Crippen molar-refractivity contribution in [3.05, 3.63) is 0 Å². The average molecular weight is 196 g/mol. The van der Waals surface area contributed by atoms with Crippen molar-refractivity contribution in [2.24, 2.45) is 17.6 Å². The molecule has 1 aliphatic carbocycles. The van der Waals surface area contributed by atoms with Crippen molar-refractivity contribution in [3.63, 3.8) is 0 Å². The Morgan fingerprint density at radius 2 is 1.93 bits per heavy atom. The van der Waals surface area contributed by atoms with Gasteiger partial charge >= 0.3 is 0 Å². The fourth-order valence-corrected chi connectivity index (χ4v) is 3.25. The van der Waals surface area contributed by atoms with Gasteiger partial charge in [-0.25, -0.2) is 0 Å².